The zero-order chi connectivity index (χ0) is 15.4. The van der Waals surface area contributed by atoms with Crippen LogP contribution in [0.5, 0.6) is 0 Å². The summed E-state index contributed by atoms with van der Waals surface area (Å²) in [6, 6.07) is 0. The van der Waals surface area contributed by atoms with Gasteiger partial charge in [-0.25, -0.2) is 0 Å². The van der Waals surface area contributed by atoms with E-state index in [1.807, 2.05) is 25.8 Å². The zero-order valence-electron chi connectivity index (χ0n) is 13.6. The maximum absolute atomic E-state index is 12.3. The summed E-state index contributed by atoms with van der Waals surface area (Å²) in [5.41, 5.74) is 0.991. The molecule has 0 aromatic carbocycles. The second-order valence-electron chi connectivity index (χ2n) is 5.79. The summed E-state index contributed by atoms with van der Waals surface area (Å²) >= 11 is 1.26. The summed E-state index contributed by atoms with van der Waals surface area (Å²) in [7, 11) is 1.97. The van der Waals surface area contributed by atoms with Crippen LogP contribution in [-0.2, 0) is 11.3 Å². The van der Waals surface area contributed by atoms with Crippen LogP contribution in [0.15, 0.2) is 4.79 Å². The van der Waals surface area contributed by atoms with Crippen LogP contribution in [0.4, 0.5) is 0 Å². The van der Waals surface area contributed by atoms with Gasteiger partial charge in [-0.3, -0.25) is 9.59 Å². The number of hydrogen-bond acceptors (Lipinski definition) is 4. The summed E-state index contributed by atoms with van der Waals surface area (Å²) in [5.74, 6) is 0.858. The maximum Gasteiger partial charge on any atom is 0.307 e. The third-order valence-electron chi connectivity index (χ3n) is 4.38. The lowest BCUT2D eigenvalue weighted by Gasteiger charge is -2.32. The first-order chi connectivity index (χ1) is 10.0. The van der Waals surface area contributed by atoms with Crippen LogP contribution in [0.3, 0.4) is 0 Å². The van der Waals surface area contributed by atoms with Crippen LogP contribution < -0.4 is 10.2 Å². The Morgan fingerprint density at radius 2 is 1.95 bits per heavy atom. The average Bonchev–Trinajstić information content (AvgIpc) is 2.71. The fraction of sp³-hybridized carbons (Fsp3) is 0.733. The first kappa shape index (κ1) is 19.2. The molecule has 22 heavy (non-hydrogen) atoms. The molecule has 1 aromatic rings. The van der Waals surface area contributed by atoms with E-state index in [2.05, 4.69) is 5.32 Å². The number of hydrogen-bond donors (Lipinski definition) is 1. The van der Waals surface area contributed by atoms with Gasteiger partial charge in [-0.2, -0.15) is 0 Å². The molecule has 0 radical (unpaired) electrons. The van der Waals surface area contributed by atoms with Crippen molar-refractivity contribution in [1.82, 2.24) is 14.8 Å². The fourth-order valence-electron chi connectivity index (χ4n) is 2.89. The van der Waals surface area contributed by atoms with Crippen LogP contribution >= 0.6 is 23.7 Å². The van der Waals surface area contributed by atoms with Crippen molar-refractivity contribution in [2.24, 2.45) is 5.92 Å². The predicted molar refractivity (Wildman–Crippen MR) is 93.1 cm³/mol. The Balaban J connectivity index is 0.00000242. The molecule has 0 saturated carbocycles. The van der Waals surface area contributed by atoms with E-state index < -0.39 is 0 Å². The van der Waals surface area contributed by atoms with Crippen LogP contribution in [0.25, 0.3) is 0 Å². The number of likely N-dealkylation sites (tertiary alicyclic amines) is 1. The number of aromatic nitrogens is 1. The van der Waals surface area contributed by atoms with Gasteiger partial charge in [0.05, 0.1) is 0 Å². The van der Waals surface area contributed by atoms with Crippen molar-refractivity contribution in [2.45, 2.75) is 39.7 Å². The highest BCUT2D eigenvalue weighted by Gasteiger charge is 2.22. The highest BCUT2D eigenvalue weighted by Crippen LogP contribution is 2.17. The Bertz CT molecular complexity index is 547. The molecule has 0 atom stereocenters. The highest BCUT2D eigenvalue weighted by atomic mass is 35.5. The predicted octanol–water partition coefficient (Wildman–Crippen LogP) is 1.80. The lowest BCUT2D eigenvalue weighted by atomic mass is 9.96. The van der Waals surface area contributed by atoms with Gasteiger partial charge in [0.1, 0.15) is 0 Å². The average molecular weight is 348 g/mol. The van der Waals surface area contributed by atoms with Gasteiger partial charge < -0.3 is 14.8 Å². The Morgan fingerprint density at radius 3 is 2.45 bits per heavy atom. The fourth-order valence-corrected chi connectivity index (χ4v) is 3.74. The van der Waals surface area contributed by atoms with Gasteiger partial charge in [-0.05, 0) is 46.2 Å². The number of halogens is 1. The largest absolute Gasteiger partial charge is 0.343 e. The first-order valence-corrected chi connectivity index (χ1v) is 8.43. The second kappa shape index (κ2) is 8.70. The molecule has 1 amide bonds. The molecule has 1 saturated heterocycles. The van der Waals surface area contributed by atoms with Crippen molar-refractivity contribution in [3.05, 3.63) is 20.2 Å². The van der Waals surface area contributed by atoms with Gasteiger partial charge in [-0.1, -0.05) is 11.3 Å². The van der Waals surface area contributed by atoms with E-state index in [4.69, 9.17) is 0 Å². The van der Waals surface area contributed by atoms with E-state index in [9.17, 15) is 9.59 Å². The van der Waals surface area contributed by atoms with Crippen LogP contribution in [-0.4, -0.2) is 42.1 Å². The molecule has 0 unspecified atom stereocenters. The van der Waals surface area contributed by atoms with Gasteiger partial charge in [0.15, 0.2) is 0 Å². The lowest BCUT2D eigenvalue weighted by molar-refractivity contribution is -0.132. The third kappa shape index (κ3) is 4.57. The normalized spacial score (nSPS) is 15.7. The van der Waals surface area contributed by atoms with Gasteiger partial charge in [0.25, 0.3) is 0 Å². The van der Waals surface area contributed by atoms with Crippen molar-refractivity contribution < 1.29 is 4.79 Å². The summed E-state index contributed by atoms with van der Waals surface area (Å²) in [6.45, 7) is 7.13. The Hall–Kier alpha value is -0.850. The zero-order valence-corrected chi connectivity index (χ0v) is 15.2. The van der Waals surface area contributed by atoms with Gasteiger partial charge in [0, 0.05) is 36.6 Å². The number of carbonyl (C=O) groups excluding carboxylic acids is 1. The van der Waals surface area contributed by atoms with Crippen molar-refractivity contribution >= 4 is 29.7 Å². The second-order valence-corrected chi connectivity index (χ2v) is 6.96. The van der Waals surface area contributed by atoms with Crippen molar-refractivity contribution in [3.63, 3.8) is 0 Å². The molecule has 0 bridgehead atoms. The van der Waals surface area contributed by atoms with Gasteiger partial charge in [0.2, 0.25) is 5.91 Å². The highest BCUT2D eigenvalue weighted by molar-refractivity contribution is 7.09. The molecule has 2 heterocycles. The van der Waals surface area contributed by atoms with E-state index in [0.29, 0.717) is 18.9 Å². The number of nitrogens with one attached hydrogen (secondary N) is 1. The van der Waals surface area contributed by atoms with Crippen molar-refractivity contribution in [3.8, 4) is 0 Å². The SMILES string of the molecule is CNCC1CCN(C(=O)CCn2c(C)c(C)sc2=O)CC1.Cl. The number of amides is 1. The van der Waals surface area contributed by atoms with Gasteiger partial charge >= 0.3 is 4.87 Å². The molecule has 5 nitrogen and oxygen atoms in total. The molecule has 1 aromatic heterocycles. The summed E-state index contributed by atoms with van der Waals surface area (Å²) < 4.78 is 1.73. The van der Waals surface area contributed by atoms with E-state index in [0.717, 1.165) is 43.0 Å². The maximum atomic E-state index is 12.3. The molecule has 0 spiro atoms. The molecule has 7 heteroatoms. The number of piperidine rings is 1. The quantitative estimate of drug-likeness (QED) is 0.883. The summed E-state index contributed by atoms with van der Waals surface area (Å²) in [6.07, 6.45) is 2.57. The number of carbonyl (C=O) groups is 1. The van der Waals surface area contributed by atoms with Crippen LogP contribution in [0, 0.1) is 19.8 Å². The Morgan fingerprint density at radius 1 is 1.32 bits per heavy atom. The minimum Gasteiger partial charge on any atom is -0.343 e. The van der Waals surface area contributed by atoms with E-state index in [1.54, 1.807) is 4.57 Å². The number of aryl methyl sites for hydroxylation is 1. The smallest absolute Gasteiger partial charge is 0.307 e. The topological polar surface area (TPSA) is 54.3 Å². The van der Waals surface area contributed by atoms with Crippen molar-refractivity contribution in [2.75, 3.05) is 26.7 Å². The number of nitrogens with zero attached hydrogens (tertiary/aromatic N) is 2. The van der Waals surface area contributed by atoms with E-state index >= 15 is 0 Å². The lowest BCUT2D eigenvalue weighted by Crippen LogP contribution is -2.40. The molecule has 126 valence electrons. The first-order valence-electron chi connectivity index (χ1n) is 7.62. The summed E-state index contributed by atoms with van der Waals surface area (Å²) in [4.78, 5) is 27.1. The molecule has 1 fully saturated rings. The number of rotatable bonds is 5. The van der Waals surface area contributed by atoms with Gasteiger partial charge in [-0.15, -0.1) is 12.4 Å². The molecule has 1 N–H and O–H groups in total. The molecule has 1 aliphatic heterocycles. The van der Waals surface area contributed by atoms with Crippen LogP contribution in [0.2, 0.25) is 0 Å². The Kier molecular flexibility index (Phi) is 7.59. The summed E-state index contributed by atoms with van der Waals surface area (Å²) in [5, 5.41) is 3.20. The van der Waals surface area contributed by atoms with Crippen molar-refractivity contribution in [1.29, 1.82) is 0 Å². The molecule has 1 aliphatic rings. The molecular formula is C15H26ClN3O2S. The number of thiazole rings is 1. The van der Waals surface area contributed by atoms with Crippen LogP contribution in [0.1, 0.15) is 29.8 Å². The standard InChI is InChI=1S/C15H25N3O2S.ClH/c1-11-12(2)21-15(20)18(11)9-6-14(19)17-7-4-13(5-8-17)10-16-3;/h13,16H,4-10H2,1-3H3;1H. The van der Waals surface area contributed by atoms with E-state index in [-0.39, 0.29) is 23.2 Å². The monoisotopic (exact) mass is 347 g/mol. The minimum absolute atomic E-state index is 0. The third-order valence-corrected chi connectivity index (χ3v) is 5.38. The van der Waals surface area contributed by atoms with E-state index in [1.165, 1.54) is 11.3 Å². The molecule has 0 aliphatic carbocycles. The Labute approximate surface area is 142 Å². The molecular weight excluding hydrogens is 322 g/mol. The minimum atomic E-state index is 0. The molecule has 2 rings (SSSR count).